The Bertz CT molecular complexity index is 1960. The van der Waals surface area contributed by atoms with Crippen LogP contribution in [0.15, 0.2) is 60.7 Å². The smallest absolute Gasteiger partial charge is 0.306 e. The first-order chi connectivity index (χ1) is 26.9. The van der Waals surface area contributed by atoms with Gasteiger partial charge in [0.05, 0.1) is 50.4 Å². The van der Waals surface area contributed by atoms with E-state index in [1.54, 1.807) is 24.3 Å². The molecule has 6 N–H and O–H groups in total. The van der Waals surface area contributed by atoms with Crippen LogP contribution in [0.4, 0.5) is 0 Å². The van der Waals surface area contributed by atoms with Crippen molar-refractivity contribution < 1.29 is 49.0 Å². The molecule has 0 spiro atoms. The number of hydrogen-bond donors (Lipinski definition) is 6. The number of aliphatic hydroxyl groups is 2. The van der Waals surface area contributed by atoms with E-state index in [1.165, 1.54) is 14.2 Å². The zero-order valence-corrected chi connectivity index (χ0v) is 31.7. The third-order valence-corrected chi connectivity index (χ3v) is 9.17. The van der Waals surface area contributed by atoms with Crippen molar-refractivity contribution in [2.45, 2.75) is 65.2 Å². The number of ether oxygens (including phenoxy) is 4. The van der Waals surface area contributed by atoms with Crippen LogP contribution in [-0.4, -0.2) is 71.9 Å². The summed E-state index contributed by atoms with van der Waals surface area (Å²) in [6.07, 6.45) is -2.88. The first-order valence-corrected chi connectivity index (χ1v) is 17.7. The van der Waals surface area contributed by atoms with Crippen LogP contribution in [0.25, 0.3) is 11.1 Å². The second-order valence-electron chi connectivity index (χ2n) is 13.1. The maximum atomic E-state index is 10.8. The summed E-state index contributed by atoms with van der Waals surface area (Å²) in [6, 6.07) is 22.8. The molecule has 4 rings (SSSR count). The van der Waals surface area contributed by atoms with Gasteiger partial charge in [0.1, 0.15) is 48.4 Å². The number of nitrogens with zero attached hydrogens (tertiary/aromatic N) is 2. The van der Waals surface area contributed by atoms with Crippen molar-refractivity contribution in [3.8, 4) is 46.3 Å². The van der Waals surface area contributed by atoms with Crippen molar-refractivity contribution in [2.75, 3.05) is 27.3 Å². The lowest BCUT2D eigenvalue weighted by atomic mass is 9.92. The number of aliphatic hydroxyl groups excluding tert-OH is 2. The minimum Gasteiger partial charge on any atom is -0.496 e. The molecule has 0 radical (unpaired) electrons. The third-order valence-electron chi connectivity index (χ3n) is 9.17. The molecule has 2 atom stereocenters. The third kappa shape index (κ3) is 11.4. The summed E-state index contributed by atoms with van der Waals surface area (Å²) in [4.78, 5) is 21.7. The van der Waals surface area contributed by atoms with Gasteiger partial charge >= 0.3 is 11.9 Å². The number of nitriles is 2. The standard InChI is InChI=1S/C42H46N4O10/c1-25-27(23-55-39-15-37(53-3)31(11-29(39)17-43)19-45-21-33(47)13-41(49)50)7-5-9-35(25)36-10-6-8-28(26(36)2)24-56-40-16-38(54-4)32(12-30(40)18-44)20-46-22-34(48)14-42(51)52/h5-12,15-16,33-34,45-48H,13-14,19-24H2,1-4H3,(H,49,50)(H,51,52)/t33-,34-/m0/s1. The van der Waals surface area contributed by atoms with E-state index in [1.807, 2.05) is 50.2 Å². The minimum atomic E-state index is -1.10. The fraction of sp³-hybridized carbons (Fsp3) is 0.333. The summed E-state index contributed by atoms with van der Waals surface area (Å²) in [6.45, 7) is 4.94. The Hall–Kier alpha value is -6.16. The van der Waals surface area contributed by atoms with E-state index >= 15 is 0 Å². The lowest BCUT2D eigenvalue weighted by molar-refractivity contribution is -0.140. The van der Waals surface area contributed by atoms with Gasteiger partial charge in [-0.1, -0.05) is 36.4 Å². The van der Waals surface area contributed by atoms with Crippen molar-refractivity contribution in [2.24, 2.45) is 0 Å². The first kappa shape index (κ1) is 42.6. The van der Waals surface area contributed by atoms with E-state index in [-0.39, 0.29) is 52.2 Å². The molecule has 0 aliphatic heterocycles. The summed E-state index contributed by atoms with van der Waals surface area (Å²) >= 11 is 0. The average Bonchev–Trinajstić information content (AvgIpc) is 3.16. The number of nitrogens with one attached hydrogen (secondary N) is 2. The van der Waals surface area contributed by atoms with E-state index in [0.29, 0.717) is 45.3 Å². The summed E-state index contributed by atoms with van der Waals surface area (Å²) in [5, 5.41) is 63.3. The van der Waals surface area contributed by atoms with Crippen molar-refractivity contribution in [3.05, 3.63) is 105 Å². The Morgan fingerprint density at radius 1 is 0.643 bits per heavy atom. The number of aliphatic carboxylic acids is 2. The summed E-state index contributed by atoms with van der Waals surface area (Å²) in [5.41, 5.74) is 7.63. The second kappa shape index (κ2) is 20.5. The van der Waals surface area contributed by atoms with Gasteiger partial charge in [-0.3, -0.25) is 9.59 Å². The average molecular weight is 767 g/mol. The van der Waals surface area contributed by atoms with Crippen molar-refractivity contribution in [3.63, 3.8) is 0 Å². The zero-order chi connectivity index (χ0) is 40.8. The number of rotatable bonds is 21. The first-order valence-electron chi connectivity index (χ1n) is 17.7. The lowest BCUT2D eigenvalue weighted by Crippen LogP contribution is -2.28. The highest BCUT2D eigenvalue weighted by Crippen LogP contribution is 2.34. The summed E-state index contributed by atoms with van der Waals surface area (Å²) in [7, 11) is 3.00. The molecule has 0 heterocycles. The van der Waals surface area contributed by atoms with E-state index in [2.05, 4.69) is 22.8 Å². The number of carbonyl (C=O) groups is 2. The van der Waals surface area contributed by atoms with Gasteiger partial charge in [-0.15, -0.1) is 0 Å². The van der Waals surface area contributed by atoms with Crippen LogP contribution in [0.1, 0.15) is 57.3 Å². The Kier molecular flexibility index (Phi) is 15.6. The molecule has 4 aromatic carbocycles. The van der Waals surface area contributed by atoms with Crippen LogP contribution in [-0.2, 0) is 35.9 Å². The molecule has 0 aliphatic carbocycles. The Balaban J connectivity index is 1.48. The number of methoxy groups -OCH3 is 2. The van der Waals surface area contributed by atoms with E-state index in [0.717, 1.165) is 33.4 Å². The monoisotopic (exact) mass is 766 g/mol. The van der Waals surface area contributed by atoms with Crippen LogP contribution in [0.2, 0.25) is 0 Å². The van der Waals surface area contributed by atoms with Crippen molar-refractivity contribution in [1.82, 2.24) is 10.6 Å². The molecule has 14 heteroatoms. The van der Waals surface area contributed by atoms with E-state index in [9.17, 15) is 30.3 Å². The molecule has 56 heavy (non-hydrogen) atoms. The predicted octanol–water partition coefficient (Wildman–Crippen LogP) is 4.74. The summed E-state index contributed by atoms with van der Waals surface area (Å²) in [5.74, 6) is -0.575. The van der Waals surface area contributed by atoms with Crippen LogP contribution in [0.5, 0.6) is 23.0 Å². The van der Waals surface area contributed by atoms with Gasteiger partial charge in [-0.05, 0) is 59.4 Å². The quantitative estimate of drug-likeness (QED) is 0.0674. The van der Waals surface area contributed by atoms with E-state index < -0.39 is 24.1 Å². The molecule has 294 valence electrons. The normalized spacial score (nSPS) is 11.9. The van der Waals surface area contributed by atoms with Crippen LogP contribution in [0, 0.1) is 36.5 Å². The molecular weight excluding hydrogens is 720 g/mol. The van der Waals surface area contributed by atoms with E-state index in [4.69, 9.17) is 29.2 Å². The molecule has 4 aromatic rings. The van der Waals surface area contributed by atoms with Gasteiger partial charge in [0, 0.05) is 49.4 Å². The van der Waals surface area contributed by atoms with Crippen LogP contribution >= 0.6 is 0 Å². The Labute approximate surface area is 325 Å². The molecule has 0 aromatic heterocycles. The molecule has 0 fully saturated rings. The number of benzene rings is 4. The fourth-order valence-corrected chi connectivity index (χ4v) is 6.15. The zero-order valence-electron chi connectivity index (χ0n) is 31.7. The summed E-state index contributed by atoms with van der Waals surface area (Å²) < 4.78 is 23.5. The predicted molar refractivity (Wildman–Crippen MR) is 205 cm³/mol. The fourth-order valence-electron chi connectivity index (χ4n) is 6.15. The molecule has 0 amide bonds. The molecule has 0 aliphatic rings. The number of carboxylic acids is 2. The van der Waals surface area contributed by atoms with Gasteiger partial charge in [0.25, 0.3) is 0 Å². The van der Waals surface area contributed by atoms with Gasteiger partial charge in [-0.2, -0.15) is 10.5 Å². The van der Waals surface area contributed by atoms with Gasteiger partial charge in [0.2, 0.25) is 0 Å². The Morgan fingerprint density at radius 3 is 1.38 bits per heavy atom. The molecule has 0 saturated heterocycles. The topological polar surface area (TPSA) is 224 Å². The van der Waals surface area contributed by atoms with Gasteiger partial charge in [0.15, 0.2) is 0 Å². The lowest BCUT2D eigenvalue weighted by Gasteiger charge is -2.18. The van der Waals surface area contributed by atoms with Gasteiger partial charge in [-0.25, -0.2) is 0 Å². The van der Waals surface area contributed by atoms with Crippen molar-refractivity contribution in [1.29, 1.82) is 10.5 Å². The molecule has 0 unspecified atom stereocenters. The highest BCUT2D eigenvalue weighted by molar-refractivity contribution is 5.72. The molecule has 14 nitrogen and oxygen atoms in total. The Morgan fingerprint density at radius 2 is 1.04 bits per heavy atom. The van der Waals surface area contributed by atoms with Gasteiger partial charge < -0.3 is 50.0 Å². The SMILES string of the molecule is COc1cc(OCc2cccc(-c3cccc(COc4cc(OC)c(CNC[C@@H](O)CC(=O)O)cc4C#N)c3C)c2C)c(C#N)cc1CNC[C@@H](O)CC(=O)O. The molecule has 0 saturated carbocycles. The second-order valence-corrected chi connectivity index (χ2v) is 13.1. The number of carboxylic acid groups (broad SMARTS) is 2. The molecular formula is C42H46N4O10. The molecule has 0 bridgehead atoms. The highest BCUT2D eigenvalue weighted by atomic mass is 16.5. The maximum Gasteiger partial charge on any atom is 0.306 e. The highest BCUT2D eigenvalue weighted by Gasteiger charge is 2.18. The maximum absolute atomic E-state index is 10.8. The largest absolute Gasteiger partial charge is 0.496 e. The van der Waals surface area contributed by atoms with Crippen LogP contribution in [0.3, 0.4) is 0 Å². The minimum absolute atomic E-state index is 0.0539. The number of hydrogen-bond acceptors (Lipinski definition) is 12. The van der Waals surface area contributed by atoms with Crippen molar-refractivity contribution >= 4 is 11.9 Å². The van der Waals surface area contributed by atoms with Crippen LogP contribution < -0.4 is 29.6 Å².